The summed E-state index contributed by atoms with van der Waals surface area (Å²) in [6.07, 6.45) is 77.3. The van der Waals surface area contributed by atoms with Crippen molar-refractivity contribution in [2.75, 3.05) is 13.2 Å². The number of hydrogen-bond donors (Lipinski definition) is 3. The normalized spacial score (nSPS) is 12.8. The molecule has 2 atom stereocenters. The molecule has 72 heavy (non-hydrogen) atoms. The molecule has 0 saturated carbocycles. The van der Waals surface area contributed by atoms with E-state index in [1.165, 1.54) is 263 Å². The van der Waals surface area contributed by atoms with E-state index in [0.29, 0.717) is 25.9 Å². The molecule has 0 spiro atoms. The van der Waals surface area contributed by atoms with Gasteiger partial charge in [0.2, 0.25) is 5.91 Å². The number of carbonyl (C=O) groups is 2. The Morgan fingerprint density at radius 3 is 1.08 bits per heavy atom. The largest absolute Gasteiger partial charge is 0.466 e. The molecule has 0 saturated heterocycles. The maximum Gasteiger partial charge on any atom is 0.305 e. The fraction of sp³-hybridized carbons (Fsp3) is 0.879. The Labute approximate surface area is 449 Å². The number of carbonyl (C=O) groups excluding carboxylic acids is 2. The van der Waals surface area contributed by atoms with Gasteiger partial charge in [-0.15, -0.1) is 0 Å². The van der Waals surface area contributed by atoms with Gasteiger partial charge >= 0.3 is 5.97 Å². The van der Waals surface area contributed by atoms with Gasteiger partial charge in [-0.2, -0.15) is 0 Å². The number of unbranched alkanes of at least 4 members (excludes halogenated alkanes) is 43. The van der Waals surface area contributed by atoms with Crippen LogP contribution < -0.4 is 5.32 Å². The van der Waals surface area contributed by atoms with Crippen LogP contribution in [0.5, 0.6) is 0 Å². The second-order valence-electron chi connectivity index (χ2n) is 22.1. The van der Waals surface area contributed by atoms with Gasteiger partial charge in [0, 0.05) is 12.8 Å². The molecule has 1 amide bonds. The smallest absolute Gasteiger partial charge is 0.305 e. The van der Waals surface area contributed by atoms with Crippen LogP contribution in [0.4, 0.5) is 0 Å². The molecule has 6 heteroatoms. The number of aliphatic hydroxyl groups is 2. The fourth-order valence-corrected chi connectivity index (χ4v) is 9.96. The average Bonchev–Trinajstić information content (AvgIpc) is 3.38. The Bertz CT molecular complexity index is 1170. The van der Waals surface area contributed by atoms with E-state index in [1.807, 2.05) is 0 Å². The van der Waals surface area contributed by atoms with Crippen molar-refractivity contribution in [3.8, 4) is 0 Å². The number of hydrogen-bond acceptors (Lipinski definition) is 5. The van der Waals surface area contributed by atoms with E-state index in [-0.39, 0.29) is 18.5 Å². The molecule has 3 N–H and O–H groups in total. The maximum absolute atomic E-state index is 12.5. The zero-order chi connectivity index (χ0) is 52.2. The molecule has 2 unspecified atom stereocenters. The van der Waals surface area contributed by atoms with Crippen LogP contribution in [0.25, 0.3) is 0 Å². The van der Waals surface area contributed by atoms with Crippen LogP contribution in [0.15, 0.2) is 36.5 Å². The molecule has 0 aromatic carbocycles. The molecule has 0 bridgehead atoms. The second-order valence-corrected chi connectivity index (χ2v) is 22.1. The molecule has 0 aliphatic rings. The van der Waals surface area contributed by atoms with E-state index in [0.717, 1.165) is 51.4 Å². The van der Waals surface area contributed by atoms with Gasteiger partial charge in [0.1, 0.15) is 0 Å². The number of ether oxygens (including phenoxy) is 1. The summed E-state index contributed by atoms with van der Waals surface area (Å²) in [4.78, 5) is 24.6. The first-order chi connectivity index (χ1) is 35.5. The minimum atomic E-state index is -0.669. The Kier molecular flexibility index (Phi) is 60.0. The summed E-state index contributed by atoms with van der Waals surface area (Å²) in [5.41, 5.74) is 0. The van der Waals surface area contributed by atoms with Crippen molar-refractivity contribution in [2.45, 2.75) is 360 Å². The zero-order valence-corrected chi connectivity index (χ0v) is 48.4. The Hall–Kier alpha value is -1.92. The summed E-state index contributed by atoms with van der Waals surface area (Å²) in [5.74, 6) is -0.0433. The number of nitrogens with one attached hydrogen (secondary N) is 1. The summed E-state index contributed by atoms with van der Waals surface area (Å²) in [6, 6.07) is -0.547. The minimum Gasteiger partial charge on any atom is -0.466 e. The van der Waals surface area contributed by atoms with Crippen molar-refractivity contribution in [3.63, 3.8) is 0 Å². The third kappa shape index (κ3) is 57.4. The number of amides is 1. The summed E-state index contributed by atoms with van der Waals surface area (Å²) >= 11 is 0. The molecule has 0 aromatic rings. The summed E-state index contributed by atoms with van der Waals surface area (Å²) in [6.45, 7) is 4.94. The molecule has 0 rings (SSSR count). The lowest BCUT2D eigenvalue weighted by molar-refractivity contribution is -0.143. The van der Waals surface area contributed by atoms with Gasteiger partial charge in [-0.05, 0) is 83.5 Å². The van der Waals surface area contributed by atoms with Gasteiger partial charge in [0.15, 0.2) is 0 Å². The average molecular weight is 1010 g/mol. The van der Waals surface area contributed by atoms with Gasteiger partial charge < -0.3 is 20.3 Å². The van der Waals surface area contributed by atoms with Crippen LogP contribution in [0.2, 0.25) is 0 Å². The molecule has 0 aromatic heterocycles. The Morgan fingerprint density at radius 2 is 0.694 bits per heavy atom. The third-order valence-electron chi connectivity index (χ3n) is 14.9. The van der Waals surface area contributed by atoms with E-state index in [1.54, 1.807) is 0 Å². The van der Waals surface area contributed by atoms with Crippen LogP contribution in [-0.4, -0.2) is 47.4 Å². The second kappa shape index (κ2) is 61.6. The van der Waals surface area contributed by atoms with E-state index in [9.17, 15) is 19.8 Å². The number of esters is 1. The molecule has 0 heterocycles. The number of rotatable bonds is 60. The van der Waals surface area contributed by atoms with E-state index >= 15 is 0 Å². The first kappa shape index (κ1) is 70.1. The molecule has 0 aliphatic heterocycles. The van der Waals surface area contributed by atoms with E-state index < -0.39 is 12.1 Å². The summed E-state index contributed by atoms with van der Waals surface area (Å²) in [5, 5.41) is 23.3. The van der Waals surface area contributed by atoms with Crippen LogP contribution in [0, 0.1) is 0 Å². The highest BCUT2D eigenvalue weighted by molar-refractivity contribution is 5.76. The molecule has 6 nitrogen and oxygen atoms in total. The topological polar surface area (TPSA) is 95.9 Å². The van der Waals surface area contributed by atoms with Gasteiger partial charge in [-0.3, -0.25) is 9.59 Å². The first-order valence-electron chi connectivity index (χ1n) is 32.2. The van der Waals surface area contributed by atoms with E-state index in [2.05, 4.69) is 55.6 Å². The lowest BCUT2D eigenvalue weighted by Crippen LogP contribution is -2.45. The third-order valence-corrected chi connectivity index (χ3v) is 14.9. The van der Waals surface area contributed by atoms with Gasteiger partial charge in [-0.1, -0.05) is 288 Å². The molecular formula is C66H125NO5. The van der Waals surface area contributed by atoms with Crippen molar-refractivity contribution in [1.82, 2.24) is 5.32 Å². The zero-order valence-electron chi connectivity index (χ0n) is 48.4. The van der Waals surface area contributed by atoms with Crippen molar-refractivity contribution in [3.05, 3.63) is 36.5 Å². The number of aliphatic hydroxyl groups excluding tert-OH is 2. The van der Waals surface area contributed by atoms with Gasteiger partial charge in [0.25, 0.3) is 0 Å². The lowest BCUT2D eigenvalue weighted by atomic mass is 10.0. The SMILES string of the molecule is CCCCCC/C=C\C/C=C\CCCCCCCC(=O)OCCCCCCCCCCCCC/C=C\CCCCCCCCCC(=O)NC(CO)C(O)CCCCCCCCCCCCCCCCCCC. The van der Waals surface area contributed by atoms with Crippen LogP contribution in [0.3, 0.4) is 0 Å². The highest BCUT2D eigenvalue weighted by atomic mass is 16.5. The summed E-state index contributed by atoms with van der Waals surface area (Å²) < 4.78 is 5.48. The molecule has 0 radical (unpaired) electrons. The Balaban J connectivity index is 3.42. The van der Waals surface area contributed by atoms with Crippen LogP contribution in [-0.2, 0) is 14.3 Å². The Morgan fingerprint density at radius 1 is 0.389 bits per heavy atom. The maximum atomic E-state index is 12.5. The fourth-order valence-electron chi connectivity index (χ4n) is 9.96. The lowest BCUT2D eigenvalue weighted by Gasteiger charge is -2.22. The van der Waals surface area contributed by atoms with E-state index in [4.69, 9.17) is 4.74 Å². The summed E-state index contributed by atoms with van der Waals surface area (Å²) in [7, 11) is 0. The van der Waals surface area contributed by atoms with Gasteiger partial charge in [0.05, 0.1) is 25.4 Å². The number of allylic oxidation sites excluding steroid dienone is 6. The van der Waals surface area contributed by atoms with Crippen molar-refractivity contribution < 1.29 is 24.5 Å². The molecular weight excluding hydrogens is 887 g/mol. The van der Waals surface area contributed by atoms with Gasteiger partial charge in [-0.25, -0.2) is 0 Å². The molecule has 424 valence electrons. The predicted molar refractivity (Wildman–Crippen MR) is 315 cm³/mol. The predicted octanol–water partition coefficient (Wildman–Crippen LogP) is 20.4. The minimum absolute atomic E-state index is 0.00324. The van der Waals surface area contributed by atoms with Crippen molar-refractivity contribution in [2.24, 2.45) is 0 Å². The monoisotopic (exact) mass is 1010 g/mol. The molecule has 0 fully saturated rings. The quantitative estimate of drug-likeness (QED) is 0.0320. The van der Waals surface area contributed by atoms with Crippen molar-refractivity contribution >= 4 is 11.9 Å². The van der Waals surface area contributed by atoms with Crippen LogP contribution >= 0.6 is 0 Å². The highest BCUT2D eigenvalue weighted by Gasteiger charge is 2.20. The highest BCUT2D eigenvalue weighted by Crippen LogP contribution is 2.18. The van der Waals surface area contributed by atoms with Crippen molar-refractivity contribution in [1.29, 1.82) is 0 Å². The van der Waals surface area contributed by atoms with Crippen LogP contribution in [0.1, 0.15) is 348 Å². The standard InChI is InChI=1S/C66H125NO5/c1-3-5-7-9-11-13-15-17-19-27-30-34-38-42-46-50-54-58-64(69)63(62-68)67-65(70)59-55-51-47-43-39-35-31-28-25-23-21-22-24-26-29-33-37-41-45-49-53-57-61-72-66(71)60-56-52-48-44-40-36-32-20-18-16-14-12-10-8-6-4-2/h14,16,20,23,25,32,63-64,68-69H,3-13,15,17-19,21-22,24,26-31,33-62H2,1-2H3,(H,67,70)/b16-14-,25-23-,32-20-. The molecule has 0 aliphatic carbocycles. The first-order valence-corrected chi connectivity index (χ1v) is 32.2.